The van der Waals surface area contributed by atoms with Crippen LogP contribution in [0.1, 0.15) is 43.6 Å². The summed E-state index contributed by atoms with van der Waals surface area (Å²) in [5, 5.41) is 12.4. The zero-order valence-electron chi connectivity index (χ0n) is 13.4. The highest BCUT2D eigenvalue weighted by molar-refractivity contribution is 7.99. The van der Waals surface area contributed by atoms with Gasteiger partial charge in [0.15, 0.2) is 5.16 Å². The number of aryl methyl sites for hydroxylation is 1. The molecule has 3 rings (SSSR count). The Morgan fingerprint density at radius 2 is 2.09 bits per heavy atom. The third-order valence-electron chi connectivity index (χ3n) is 4.08. The Labute approximate surface area is 140 Å². The van der Waals surface area contributed by atoms with Crippen LogP contribution in [0, 0.1) is 0 Å². The minimum absolute atomic E-state index is 0.0137. The number of aromatic nitrogens is 3. The van der Waals surface area contributed by atoms with Crippen molar-refractivity contribution in [3.63, 3.8) is 0 Å². The van der Waals surface area contributed by atoms with Gasteiger partial charge in [0.25, 0.3) is 0 Å². The second kappa shape index (κ2) is 7.64. The predicted molar refractivity (Wildman–Crippen MR) is 91.3 cm³/mol. The molecule has 1 aliphatic rings. The number of amides is 1. The van der Waals surface area contributed by atoms with Crippen molar-refractivity contribution in [2.45, 2.75) is 50.4 Å². The molecule has 0 bridgehead atoms. The first-order valence-corrected chi connectivity index (χ1v) is 9.12. The Hall–Kier alpha value is -1.82. The Morgan fingerprint density at radius 1 is 1.26 bits per heavy atom. The number of rotatable bonds is 5. The molecular formula is C17H22N4OS. The van der Waals surface area contributed by atoms with Gasteiger partial charge in [-0.25, -0.2) is 0 Å². The molecule has 1 amide bonds. The molecule has 0 radical (unpaired) electrons. The van der Waals surface area contributed by atoms with Crippen molar-refractivity contribution in [1.29, 1.82) is 0 Å². The molecular weight excluding hydrogens is 308 g/mol. The van der Waals surface area contributed by atoms with Crippen molar-refractivity contribution in [2.75, 3.05) is 5.75 Å². The fourth-order valence-corrected chi connectivity index (χ4v) is 3.60. The average Bonchev–Trinajstić information content (AvgIpc) is 2.80. The summed E-state index contributed by atoms with van der Waals surface area (Å²) in [6, 6.07) is 10.0. The summed E-state index contributed by atoms with van der Waals surface area (Å²) in [4.78, 5) is 12.2. The number of carbonyl (C=O) groups is 1. The van der Waals surface area contributed by atoms with Gasteiger partial charge in [-0.15, -0.1) is 10.2 Å². The molecule has 1 aliphatic heterocycles. The lowest BCUT2D eigenvalue weighted by molar-refractivity contribution is -0.119. The van der Waals surface area contributed by atoms with Gasteiger partial charge < -0.3 is 9.88 Å². The first-order valence-electron chi connectivity index (χ1n) is 8.13. The Balaban J connectivity index is 1.54. The standard InChI is InChI=1S/C17H22N4OS/c1-13(14-8-4-2-5-9-14)18-16(22)12-23-17-20-19-15-10-6-3-7-11-21(15)17/h2,4-5,8-9,13H,3,6-7,10-12H2,1H3,(H,18,22). The lowest BCUT2D eigenvalue weighted by Gasteiger charge is -2.14. The SMILES string of the molecule is CC(NC(=O)CSc1nnc2n1CCCCC2)c1ccccc1. The smallest absolute Gasteiger partial charge is 0.230 e. The molecule has 0 fully saturated rings. The van der Waals surface area contributed by atoms with Crippen LogP contribution >= 0.6 is 11.8 Å². The van der Waals surface area contributed by atoms with Gasteiger partial charge in [-0.05, 0) is 25.3 Å². The van der Waals surface area contributed by atoms with Crippen LogP contribution in [-0.2, 0) is 17.8 Å². The van der Waals surface area contributed by atoms with Gasteiger partial charge in [0.05, 0.1) is 11.8 Å². The molecule has 1 N–H and O–H groups in total. The fraction of sp³-hybridized carbons (Fsp3) is 0.471. The van der Waals surface area contributed by atoms with Crippen LogP contribution < -0.4 is 5.32 Å². The van der Waals surface area contributed by atoms with Gasteiger partial charge in [0.1, 0.15) is 5.82 Å². The average molecular weight is 330 g/mol. The Bertz CT molecular complexity index is 656. The monoisotopic (exact) mass is 330 g/mol. The minimum Gasteiger partial charge on any atom is -0.349 e. The first-order chi connectivity index (χ1) is 11.2. The molecule has 1 aromatic heterocycles. The summed E-state index contributed by atoms with van der Waals surface area (Å²) in [7, 11) is 0. The van der Waals surface area contributed by atoms with Crippen molar-refractivity contribution in [1.82, 2.24) is 20.1 Å². The minimum atomic E-state index is 0.0137. The van der Waals surface area contributed by atoms with E-state index in [1.54, 1.807) is 0 Å². The van der Waals surface area contributed by atoms with E-state index in [-0.39, 0.29) is 11.9 Å². The summed E-state index contributed by atoms with van der Waals surface area (Å²) in [6.45, 7) is 2.97. The summed E-state index contributed by atoms with van der Waals surface area (Å²) in [5.74, 6) is 1.45. The van der Waals surface area contributed by atoms with Crippen molar-refractivity contribution in [2.24, 2.45) is 0 Å². The van der Waals surface area contributed by atoms with Crippen molar-refractivity contribution >= 4 is 17.7 Å². The van der Waals surface area contributed by atoms with Crippen molar-refractivity contribution in [3.05, 3.63) is 41.7 Å². The molecule has 0 spiro atoms. The van der Waals surface area contributed by atoms with E-state index in [4.69, 9.17) is 0 Å². The Morgan fingerprint density at radius 3 is 2.91 bits per heavy atom. The van der Waals surface area contributed by atoms with E-state index in [2.05, 4.69) is 20.1 Å². The van der Waals surface area contributed by atoms with Gasteiger partial charge >= 0.3 is 0 Å². The number of nitrogens with zero attached hydrogens (tertiary/aromatic N) is 3. The summed E-state index contributed by atoms with van der Waals surface area (Å²) < 4.78 is 2.17. The van der Waals surface area contributed by atoms with Crippen molar-refractivity contribution in [3.8, 4) is 0 Å². The van der Waals surface area contributed by atoms with E-state index in [0.29, 0.717) is 5.75 Å². The molecule has 2 aromatic rings. The van der Waals surface area contributed by atoms with E-state index < -0.39 is 0 Å². The molecule has 0 saturated heterocycles. The third kappa shape index (κ3) is 4.13. The normalized spacial score (nSPS) is 15.5. The van der Waals surface area contributed by atoms with Crippen LogP contribution in [0.5, 0.6) is 0 Å². The highest BCUT2D eigenvalue weighted by Gasteiger charge is 2.16. The van der Waals surface area contributed by atoms with Crippen LogP contribution in [0.15, 0.2) is 35.5 Å². The van der Waals surface area contributed by atoms with E-state index >= 15 is 0 Å². The molecule has 0 saturated carbocycles. The van der Waals surface area contributed by atoms with Gasteiger partial charge in [0.2, 0.25) is 5.91 Å². The molecule has 23 heavy (non-hydrogen) atoms. The summed E-state index contributed by atoms with van der Waals surface area (Å²) in [6.07, 6.45) is 4.57. The topological polar surface area (TPSA) is 59.8 Å². The molecule has 5 nitrogen and oxygen atoms in total. The molecule has 0 aliphatic carbocycles. The van der Waals surface area contributed by atoms with Crippen molar-refractivity contribution < 1.29 is 4.79 Å². The number of benzene rings is 1. The molecule has 1 atom stereocenters. The second-order valence-electron chi connectivity index (χ2n) is 5.85. The van der Waals surface area contributed by atoms with Gasteiger partial charge in [-0.3, -0.25) is 4.79 Å². The Kier molecular flexibility index (Phi) is 5.33. The molecule has 122 valence electrons. The van der Waals surface area contributed by atoms with Crippen LogP contribution in [0.4, 0.5) is 0 Å². The fourth-order valence-electron chi connectivity index (χ4n) is 2.80. The number of fused-ring (bicyclic) bond motifs is 1. The number of carbonyl (C=O) groups excluding carboxylic acids is 1. The highest BCUT2D eigenvalue weighted by atomic mass is 32.2. The molecule has 1 unspecified atom stereocenters. The maximum atomic E-state index is 12.2. The predicted octanol–water partition coefficient (Wildman–Crippen LogP) is 2.97. The maximum Gasteiger partial charge on any atom is 0.230 e. The lowest BCUT2D eigenvalue weighted by atomic mass is 10.1. The van der Waals surface area contributed by atoms with Crippen LogP contribution in [0.2, 0.25) is 0 Å². The largest absolute Gasteiger partial charge is 0.349 e. The molecule has 1 aromatic carbocycles. The number of nitrogens with one attached hydrogen (secondary N) is 1. The second-order valence-corrected chi connectivity index (χ2v) is 6.79. The van der Waals surface area contributed by atoms with Gasteiger partial charge in [0, 0.05) is 13.0 Å². The highest BCUT2D eigenvalue weighted by Crippen LogP contribution is 2.22. The van der Waals surface area contributed by atoms with E-state index in [1.165, 1.54) is 24.6 Å². The zero-order chi connectivity index (χ0) is 16.1. The third-order valence-corrected chi connectivity index (χ3v) is 5.05. The summed E-state index contributed by atoms with van der Waals surface area (Å²) >= 11 is 1.47. The van der Waals surface area contributed by atoms with Gasteiger partial charge in [-0.1, -0.05) is 48.5 Å². The van der Waals surface area contributed by atoms with Crippen LogP contribution in [-0.4, -0.2) is 26.4 Å². The molecule has 6 heteroatoms. The van der Waals surface area contributed by atoms with Crippen LogP contribution in [0.25, 0.3) is 0 Å². The van der Waals surface area contributed by atoms with E-state index in [0.717, 1.165) is 35.9 Å². The molecule has 2 heterocycles. The number of thioether (sulfide) groups is 1. The number of hydrogen-bond donors (Lipinski definition) is 1. The van der Waals surface area contributed by atoms with Gasteiger partial charge in [-0.2, -0.15) is 0 Å². The number of hydrogen-bond acceptors (Lipinski definition) is 4. The summed E-state index contributed by atoms with van der Waals surface area (Å²) in [5.41, 5.74) is 1.11. The maximum absolute atomic E-state index is 12.2. The zero-order valence-corrected chi connectivity index (χ0v) is 14.2. The van der Waals surface area contributed by atoms with E-state index in [9.17, 15) is 4.79 Å². The lowest BCUT2D eigenvalue weighted by Crippen LogP contribution is -2.28. The quantitative estimate of drug-likeness (QED) is 0.856. The van der Waals surface area contributed by atoms with E-state index in [1.807, 2.05) is 37.3 Å². The van der Waals surface area contributed by atoms with Crippen LogP contribution in [0.3, 0.4) is 0 Å². The first kappa shape index (κ1) is 16.1.